The molecule has 2 rings (SSSR count). The summed E-state index contributed by atoms with van der Waals surface area (Å²) in [6.45, 7) is 7.16. The highest BCUT2D eigenvalue weighted by molar-refractivity contribution is 6.31. The van der Waals surface area contributed by atoms with Crippen molar-refractivity contribution < 1.29 is 14.3 Å². The number of likely N-dealkylation sites (tertiary alicyclic amines) is 1. The standard InChI is InChI=1S/C15H19ClFNO2/c1-15(2,3)18-7-11(12(8-18)14(19)20)10-6-9(17)4-5-13(10)16/h4-6,11-12H,7-8H2,1-3H3,(H,19,20)/t11-,12+/m0/s1. The lowest BCUT2D eigenvalue weighted by molar-refractivity contribution is -0.141. The molecule has 0 spiro atoms. The summed E-state index contributed by atoms with van der Waals surface area (Å²) < 4.78 is 13.4. The van der Waals surface area contributed by atoms with Crippen molar-refractivity contribution in [3.8, 4) is 0 Å². The van der Waals surface area contributed by atoms with E-state index in [-0.39, 0.29) is 17.3 Å². The van der Waals surface area contributed by atoms with Gasteiger partial charge >= 0.3 is 5.97 Å². The highest BCUT2D eigenvalue weighted by Gasteiger charge is 2.42. The summed E-state index contributed by atoms with van der Waals surface area (Å²) in [4.78, 5) is 13.6. The molecular weight excluding hydrogens is 281 g/mol. The van der Waals surface area contributed by atoms with Crippen LogP contribution in [0, 0.1) is 11.7 Å². The number of carboxylic acid groups (broad SMARTS) is 1. The molecule has 2 atom stereocenters. The van der Waals surface area contributed by atoms with E-state index in [9.17, 15) is 14.3 Å². The first kappa shape index (κ1) is 15.3. The maximum absolute atomic E-state index is 13.4. The molecule has 1 aliphatic rings. The van der Waals surface area contributed by atoms with E-state index in [0.29, 0.717) is 23.7 Å². The highest BCUT2D eigenvalue weighted by atomic mass is 35.5. The van der Waals surface area contributed by atoms with E-state index in [1.165, 1.54) is 18.2 Å². The van der Waals surface area contributed by atoms with Gasteiger partial charge in [-0.05, 0) is 44.5 Å². The van der Waals surface area contributed by atoms with Gasteiger partial charge in [0.15, 0.2) is 0 Å². The third-order valence-electron chi connectivity index (χ3n) is 3.94. The minimum absolute atomic E-state index is 0.123. The Morgan fingerprint density at radius 2 is 2.05 bits per heavy atom. The van der Waals surface area contributed by atoms with Crippen LogP contribution in [-0.2, 0) is 4.79 Å². The van der Waals surface area contributed by atoms with E-state index in [1.54, 1.807) is 0 Å². The SMILES string of the molecule is CC(C)(C)N1C[C@@H](C(=O)O)[C@H](c2cc(F)ccc2Cl)C1. The Labute approximate surface area is 123 Å². The lowest BCUT2D eigenvalue weighted by atomic mass is 9.89. The number of aliphatic carboxylic acids is 1. The topological polar surface area (TPSA) is 40.5 Å². The molecule has 0 aliphatic carbocycles. The Morgan fingerprint density at radius 1 is 1.40 bits per heavy atom. The number of nitrogens with zero attached hydrogens (tertiary/aromatic N) is 1. The summed E-state index contributed by atoms with van der Waals surface area (Å²) in [7, 11) is 0. The van der Waals surface area contributed by atoms with Gasteiger partial charge in [0.05, 0.1) is 5.92 Å². The van der Waals surface area contributed by atoms with Gasteiger partial charge in [-0.15, -0.1) is 0 Å². The first-order chi connectivity index (χ1) is 9.20. The van der Waals surface area contributed by atoms with E-state index >= 15 is 0 Å². The first-order valence-corrected chi connectivity index (χ1v) is 7.00. The number of carbonyl (C=O) groups is 1. The Hall–Kier alpha value is -1.13. The van der Waals surface area contributed by atoms with Gasteiger partial charge in [-0.3, -0.25) is 9.69 Å². The summed E-state index contributed by atoms with van der Waals surface area (Å²) in [5.74, 6) is -2.09. The van der Waals surface area contributed by atoms with Crippen molar-refractivity contribution in [3.05, 3.63) is 34.6 Å². The van der Waals surface area contributed by atoms with Crippen molar-refractivity contribution in [1.82, 2.24) is 4.90 Å². The van der Waals surface area contributed by atoms with Crippen LogP contribution >= 0.6 is 11.6 Å². The van der Waals surface area contributed by atoms with Crippen molar-refractivity contribution >= 4 is 17.6 Å². The summed E-state index contributed by atoms with van der Waals surface area (Å²) in [6.07, 6.45) is 0. The minimum atomic E-state index is -0.859. The smallest absolute Gasteiger partial charge is 0.308 e. The molecule has 1 aromatic rings. The predicted molar refractivity (Wildman–Crippen MR) is 76.6 cm³/mol. The van der Waals surface area contributed by atoms with Gasteiger partial charge in [-0.25, -0.2) is 4.39 Å². The van der Waals surface area contributed by atoms with Gasteiger partial charge in [-0.2, -0.15) is 0 Å². The zero-order valence-electron chi connectivity index (χ0n) is 11.9. The number of hydrogen-bond acceptors (Lipinski definition) is 2. The maximum Gasteiger partial charge on any atom is 0.308 e. The third-order valence-corrected chi connectivity index (χ3v) is 4.29. The first-order valence-electron chi connectivity index (χ1n) is 6.63. The van der Waals surface area contributed by atoms with Crippen LogP contribution in [0.2, 0.25) is 5.02 Å². The molecule has 0 saturated carbocycles. The van der Waals surface area contributed by atoms with Gasteiger partial charge in [0.25, 0.3) is 0 Å². The molecule has 1 fully saturated rings. The molecule has 110 valence electrons. The van der Waals surface area contributed by atoms with Gasteiger partial charge < -0.3 is 5.11 Å². The normalized spacial score (nSPS) is 24.1. The Balaban J connectivity index is 2.38. The van der Waals surface area contributed by atoms with Crippen molar-refractivity contribution in [2.75, 3.05) is 13.1 Å². The van der Waals surface area contributed by atoms with Crippen LogP contribution < -0.4 is 0 Å². The molecule has 20 heavy (non-hydrogen) atoms. The monoisotopic (exact) mass is 299 g/mol. The highest BCUT2D eigenvalue weighted by Crippen LogP contribution is 2.39. The summed E-state index contributed by atoms with van der Waals surface area (Å²) in [6, 6.07) is 4.14. The van der Waals surface area contributed by atoms with Crippen molar-refractivity contribution in [2.45, 2.75) is 32.2 Å². The summed E-state index contributed by atoms with van der Waals surface area (Å²) in [5.41, 5.74) is 0.466. The van der Waals surface area contributed by atoms with Crippen LogP contribution in [0.25, 0.3) is 0 Å². The van der Waals surface area contributed by atoms with E-state index < -0.39 is 11.9 Å². The molecule has 1 aliphatic heterocycles. The second kappa shape index (κ2) is 5.34. The fourth-order valence-electron chi connectivity index (χ4n) is 2.72. The van der Waals surface area contributed by atoms with Gasteiger partial charge in [0, 0.05) is 29.6 Å². The Kier molecular flexibility index (Phi) is 4.07. The van der Waals surface area contributed by atoms with Crippen molar-refractivity contribution in [2.24, 2.45) is 5.92 Å². The number of carboxylic acids is 1. The molecule has 3 nitrogen and oxygen atoms in total. The van der Waals surface area contributed by atoms with E-state index in [2.05, 4.69) is 4.90 Å². The fourth-order valence-corrected chi connectivity index (χ4v) is 2.97. The molecule has 5 heteroatoms. The summed E-state index contributed by atoms with van der Waals surface area (Å²) >= 11 is 6.13. The number of hydrogen-bond donors (Lipinski definition) is 1. The second-order valence-corrected chi connectivity index (χ2v) is 6.70. The van der Waals surface area contributed by atoms with E-state index in [4.69, 9.17) is 11.6 Å². The zero-order valence-corrected chi connectivity index (χ0v) is 12.6. The fraction of sp³-hybridized carbons (Fsp3) is 0.533. The zero-order chi connectivity index (χ0) is 15.1. The molecule has 0 amide bonds. The number of rotatable bonds is 2. The third kappa shape index (κ3) is 2.96. The predicted octanol–water partition coefficient (Wildman–Crippen LogP) is 3.38. The minimum Gasteiger partial charge on any atom is -0.481 e. The largest absolute Gasteiger partial charge is 0.481 e. The molecule has 0 bridgehead atoms. The van der Waals surface area contributed by atoms with Crippen LogP contribution in [0.1, 0.15) is 32.3 Å². The maximum atomic E-state index is 13.4. The molecule has 1 heterocycles. The van der Waals surface area contributed by atoms with Crippen LogP contribution in [0.4, 0.5) is 4.39 Å². The number of halogens is 2. The van der Waals surface area contributed by atoms with Gasteiger partial charge in [0.2, 0.25) is 0 Å². The van der Waals surface area contributed by atoms with Crippen LogP contribution in [0.15, 0.2) is 18.2 Å². The van der Waals surface area contributed by atoms with E-state index in [0.717, 1.165) is 0 Å². The Morgan fingerprint density at radius 3 is 2.60 bits per heavy atom. The summed E-state index contributed by atoms with van der Waals surface area (Å²) in [5, 5.41) is 9.85. The average Bonchev–Trinajstić information content (AvgIpc) is 2.77. The van der Waals surface area contributed by atoms with Crippen molar-refractivity contribution in [1.29, 1.82) is 0 Å². The Bertz CT molecular complexity index is 527. The van der Waals surface area contributed by atoms with Crippen LogP contribution in [0.5, 0.6) is 0 Å². The molecule has 1 saturated heterocycles. The number of benzene rings is 1. The molecule has 1 aromatic carbocycles. The van der Waals surface area contributed by atoms with Crippen LogP contribution in [0.3, 0.4) is 0 Å². The van der Waals surface area contributed by atoms with E-state index in [1.807, 2.05) is 20.8 Å². The second-order valence-electron chi connectivity index (χ2n) is 6.29. The molecule has 0 radical (unpaired) electrons. The molecule has 0 unspecified atom stereocenters. The van der Waals surface area contributed by atoms with Crippen LogP contribution in [-0.4, -0.2) is 34.6 Å². The lowest BCUT2D eigenvalue weighted by Gasteiger charge is -2.31. The van der Waals surface area contributed by atoms with Crippen molar-refractivity contribution in [3.63, 3.8) is 0 Å². The van der Waals surface area contributed by atoms with Gasteiger partial charge in [0.1, 0.15) is 5.82 Å². The quantitative estimate of drug-likeness (QED) is 0.910. The molecule has 1 N–H and O–H groups in total. The lowest BCUT2D eigenvalue weighted by Crippen LogP contribution is -2.40. The molecular formula is C15H19ClFNO2. The van der Waals surface area contributed by atoms with Gasteiger partial charge in [-0.1, -0.05) is 11.6 Å². The average molecular weight is 300 g/mol. The molecule has 0 aromatic heterocycles.